The number of piperidine rings is 1. The summed E-state index contributed by atoms with van der Waals surface area (Å²) in [5, 5.41) is 3.47. The van der Waals surface area contributed by atoms with E-state index in [2.05, 4.69) is 34.5 Å². The van der Waals surface area contributed by atoms with Crippen LogP contribution in [-0.2, 0) is 22.7 Å². The van der Waals surface area contributed by atoms with E-state index in [1.54, 1.807) is 7.11 Å². The van der Waals surface area contributed by atoms with Crippen molar-refractivity contribution in [1.82, 2.24) is 5.32 Å². The number of halogens is 2. The van der Waals surface area contributed by atoms with Gasteiger partial charge in [0.15, 0.2) is 11.6 Å². The van der Waals surface area contributed by atoms with Gasteiger partial charge in [-0.3, -0.25) is 0 Å². The highest BCUT2D eigenvalue weighted by atomic mass is 19.1. The van der Waals surface area contributed by atoms with E-state index in [9.17, 15) is 8.78 Å². The molecule has 8 heteroatoms. The lowest BCUT2D eigenvalue weighted by Crippen LogP contribution is -2.41. The van der Waals surface area contributed by atoms with Crippen molar-refractivity contribution in [3.63, 3.8) is 0 Å². The third kappa shape index (κ3) is 7.06. The third-order valence-electron chi connectivity index (χ3n) is 7.35. The minimum absolute atomic E-state index is 0.0409. The van der Waals surface area contributed by atoms with Crippen LogP contribution in [0.15, 0.2) is 60.7 Å². The van der Waals surface area contributed by atoms with Crippen LogP contribution in [-0.4, -0.2) is 52.6 Å². The van der Waals surface area contributed by atoms with Crippen molar-refractivity contribution in [2.45, 2.75) is 38.1 Å². The van der Waals surface area contributed by atoms with Crippen LogP contribution in [0.25, 0.3) is 0 Å². The average molecular weight is 539 g/mol. The minimum Gasteiger partial charge on any atom is -0.490 e. The molecule has 0 unspecified atom stereocenters. The second-order valence-corrected chi connectivity index (χ2v) is 10.0. The first-order valence-electron chi connectivity index (χ1n) is 13.6. The van der Waals surface area contributed by atoms with Crippen LogP contribution in [0.1, 0.15) is 35.4 Å². The normalized spacial score (nSPS) is 18.9. The van der Waals surface area contributed by atoms with Crippen LogP contribution in [0.2, 0.25) is 0 Å². The molecule has 5 rings (SSSR count). The van der Waals surface area contributed by atoms with E-state index in [0.29, 0.717) is 13.2 Å². The predicted octanol–water partition coefficient (Wildman–Crippen LogP) is 5.44. The van der Waals surface area contributed by atoms with Crippen molar-refractivity contribution in [2.75, 3.05) is 51.4 Å². The number of methoxy groups -OCH3 is 1. The summed E-state index contributed by atoms with van der Waals surface area (Å²) >= 11 is 0. The number of rotatable bonds is 11. The van der Waals surface area contributed by atoms with Gasteiger partial charge in [0.2, 0.25) is 0 Å². The Bertz CT molecular complexity index is 1220. The molecule has 0 bridgehead atoms. The summed E-state index contributed by atoms with van der Waals surface area (Å²) in [6.07, 6.45) is 1.99. The zero-order valence-electron chi connectivity index (χ0n) is 22.3. The average Bonchev–Trinajstić information content (AvgIpc) is 2.96. The van der Waals surface area contributed by atoms with Crippen molar-refractivity contribution < 1.29 is 27.7 Å². The molecule has 0 amide bonds. The molecule has 3 aromatic carbocycles. The smallest absolute Gasteiger partial charge is 0.167 e. The molecule has 2 atom stereocenters. The van der Waals surface area contributed by atoms with Crippen molar-refractivity contribution >= 4 is 5.69 Å². The second kappa shape index (κ2) is 13.2. The van der Waals surface area contributed by atoms with Gasteiger partial charge in [-0.1, -0.05) is 30.3 Å². The van der Waals surface area contributed by atoms with Crippen molar-refractivity contribution in [3.8, 4) is 11.5 Å². The fourth-order valence-corrected chi connectivity index (χ4v) is 5.24. The Morgan fingerprint density at radius 3 is 2.67 bits per heavy atom. The highest BCUT2D eigenvalue weighted by Gasteiger charge is 2.27. The first kappa shape index (κ1) is 27.4. The van der Waals surface area contributed by atoms with Crippen LogP contribution in [0.5, 0.6) is 11.5 Å². The molecule has 2 aliphatic rings. The summed E-state index contributed by atoms with van der Waals surface area (Å²) in [7, 11) is 1.73. The fraction of sp³-hybridized carbons (Fsp3) is 0.419. The predicted molar refractivity (Wildman–Crippen MR) is 147 cm³/mol. The lowest BCUT2D eigenvalue weighted by molar-refractivity contribution is 0.0106. The molecule has 0 aromatic heterocycles. The Morgan fingerprint density at radius 1 is 1.00 bits per heavy atom. The molecule has 0 saturated carbocycles. The maximum Gasteiger partial charge on any atom is 0.167 e. The van der Waals surface area contributed by atoms with E-state index >= 15 is 0 Å². The van der Waals surface area contributed by atoms with Crippen molar-refractivity contribution in [1.29, 1.82) is 0 Å². The van der Waals surface area contributed by atoms with Crippen LogP contribution in [0, 0.1) is 11.6 Å². The van der Waals surface area contributed by atoms with Crippen LogP contribution in [0.3, 0.4) is 0 Å². The molecular weight excluding hydrogens is 502 g/mol. The summed E-state index contributed by atoms with van der Waals surface area (Å²) in [6.45, 7) is 5.70. The number of ether oxygens (including phenoxy) is 4. The van der Waals surface area contributed by atoms with Gasteiger partial charge in [-0.25, -0.2) is 8.78 Å². The Kier molecular flexibility index (Phi) is 9.29. The highest BCUT2D eigenvalue weighted by Crippen LogP contribution is 2.34. The molecule has 1 N–H and O–H groups in total. The first-order valence-corrected chi connectivity index (χ1v) is 13.6. The van der Waals surface area contributed by atoms with E-state index < -0.39 is 11.6 Å². The number of hydrogen-bond donors (Lipinski definition) is 1. The van der Waals surface area contributed by atoms with Gasteiger partial charge in [0.1, 0.15) is 24.8 Å². The minimum atomic E-state index is -0.702. The molecule has 0 radical (unpaired) electrons. The largest absolute Gasteiger partial charge is 0.490 e. The number of nitrogens with one attached hydrogen (secondary N) is 1. The number of anilines is 1. The molecule has 3 aromatic rings. The van der Waals surface area contributed by atoms with Crippen molar-refractivity contribution in [3.05, 3.63) is 89.0 Å². The van der Waals surface area contributed by atoms with Gasteiger partial charge in [0.25, 0.3) is 0 Å². The standard InChI is InChI=1S/C31H36F2N2O4/c1-36-15-2-13-35-14-16-37-30-9-5-23(17-28(30)35)21-39-31-19-34-12-11-26(31)24-6-3-22(4-7-24)20-38-29-10-8-25(32)18-27(29)33/h3-10,17-18,26,31,34H,2,11-16,19-21H2,1H3/t26-,31+/m1/s1. The third-order valence-corrected chi connectivity index (χ3v) is 7.35. The Labute approximate surface area is 228 Å². The number of benzene rings is 3. The Morgan fingerprint density at radius 2 is 1.85 bits per heavy atom. The molecule has 2 heterocycles. The second-order valence-electron chi connectivity index (χ2n) is 10.0. The molecule has 39 heavy (non-hydrogen) atoms. The number of nitrogens with zero attached hydrogens (tertiary/aromatic N) is 1. The van der Waals surface area contributed by atoms with Crippen LogP contribution in [0.4, 0.5) is 14.5 Å². The molecule has 2 aliphatic heterocycles. The van der Waals surface area contributed by atoms with E-state index in [1.807, 2.05) is 18.2 Å². The summed E-state index contributed by atoms with van der Waals surface area (Å²) in [5.41, 5.74) is 4.37. The molecule has 6 nitrogen and oxygen atoms in total. The fourth-order valence-electron chi connectivity index (χ4n) is 5.24. The number of hydrogen-bond acceptors (Lipinski definition) is 6. The molecule has 208 valence electrons. The molecular formula is C31H36F2N2O4. The van der Waals surface area contributed by atoms with Gasteiger partial charge in [-0.15, -0.1) is 0 Å². The lowest BCUT2D eigenvalue weighted by atomic mass is 9.87. The zero-order chi connectivity index (χ0) is 27.0. The summed E-state index contributed by atoms with van der Waals surface area (Å²) < 4.78 is 50.1. The molecule has 0 spiro atoms. The van der Waals surface area contributed by atoms with Crippen LogP contribution < -0.4 is 19.7 Å². The number of fused-ring (bicyclic) bond motifs is 1. The van der Waals surface area contributed by atoms with Gasteiger partial charge >= 0.3 is 0 Å². The van der Waals surface area contributed by atoms with E-state index in [0.717, 1.165) is 74.3 Å². The van der Waals surface area contributed by atoms with E-state index in [-0.39, 0.29) is 24.4 Å². The zero-order valence-corrected chi connectivity index (χ0v) is 22.3. The molecule has 1 fully saturated rings. The SMILES string of the molecule is COCCCN1CCOc2ccc(CO[C@H]3CNCC[C@@H]3c3ccc(COc4ccc(F)cc4F)cc3)cc21. The topological polar surface area (TPSA) is 52.2 Å². The van der Waals surface area contributed by atoms with Gasteiger partial charge in [0, 0.05) is 38.8 Å². The quantitative estimate of drug-likeness (QED) is 0.328. The van der Waals surface area contributed by atoms with Gasteiger partial charge in [0.05, 0.1) is 24.9 Å². The highest BCUT2D eigenvalue weighted by molar-refractivity contribution is 5.61. The Hall–Kier alpha value is -3.20. The maximum absolute atomic E-state index is 13.9. The van der Waals surface area contributed by atoms with Crippen LogP contribution >= 0.6 is 0 Å². The summed E-state index contributed by atoms with van der Waals surface area (Å²) in [6, 6.07) is 17.8. The van der Waals surface area contributed by atoms with Gasteiger partial charge in [-0.05, 0) is 60.3 Å². The monoisotopic (exact) mass is 538 g/mol. The first-order chi connectivity index (χ1) is 19.1. The van der Waals surface area contributed by atoms with Gasteiger partial charge in [-0.2, -0.15) is 0 Å². The van der Waals surface area contributed by atoms with E-state index in [4.69, 9.17) is 18.9 Å². The summed E-state index contributed by atoms with van der Waals surface area (Å²) in [5.74, 6) is -0.0951. The van der Waals surface area contributed by atoms with Crippen molar-refractivity contribution in [2.24, 2.45) is 0 Å². The Balaban J connectivity index is 1.19. The maximum atomic E-state index is 13.9. The van der Waals surface area contributed by atoms with Gasteiger partial charge < -0.3 is 29.2 Å². The van der Waals surface area contributed by atoms with E-state index in [1.165, 1.54) is 17.7 Å². The summed E-state index contributed by atoms with van der Waals surface area (Å²) in [4.78, 5) is 2.36. The molecule has 0 aliphatic carbocycles. The lowest BCUT2D eigenvalue weighted by Gasteiger charge is -2.33. The molecule has 1 saturated heterocycles.